The molecule has 8 heteroatoms. The number of rotatable bonds is 7. The van der Waals surface area contributed by atoms with E-state index >= 15 is 0 Å². The van der Waals surface area contributed by atoms with Crippen LogP contribution in [0.4, 0.5) is 5.69 Å². The number of benzene rings is 3. The molecule has 1 aliphatic rings. The number of anilines is 1. The first-order valence-corrected chi connectivity index (χ1v) is 12.5. The second-order valence-electron chi connectivity index (χ2n) is 9.24. The first-order valence-electron chi connectivity index (χ1n) is 12.5. The predicted molar refractivity (Wildman–Crippen MR) is 150 cm³/mol. The zero-order valence-electron chi connectivity index (χ0n) is 21.1. The third-order valence-corrected chi connectivity index (χ3v) is 6.88. The molecule has 39 heavy (non-hydrogen) atoms. The maximum absolute atomic E-state index is 13.2. The van der Waals surface area contributed by atoms with Crippen LogP contribution in [-0.4, -0.2) is 41.2 Å². The fraction of sp³-hybridized carbons (Fsp3) is 0.0968. The van der Waals surface area contributed by atoms with Gasteiger partial charge in [0.1, 0.15) is 5.75 Å². The van der Waals surface area contributed by atoms with Gasteiger partial charge in [0.25, 0.3) is 0 Å². The Hall–Kier alpha value is -5.24. The van der Waals surface area contributed by atoms with Gasteiger partial charge in [-0.25, -0.2) is 0 Å². The molecular formula is C31H24N4O4. The minimum absolute atomic E-state index is 0.115. The van der Waals surface area contributed by atoms with Gasteiger partial charge in [-0.05, 0) is 59.8 Å². The summed E-state index contributed by atoms with van der Waals surface area (Å²) in [5.41, 5.74) is 5.05. The van der Waals surface area contributed by atoms with Gasteiger partial charge in [0, 0.05) is 69.8 Å². The van der Waals surface area contributed by atoms with Crippen molar-refractivity contribution in [3.05, 3.63) is 102 Å². The number of ether oxygens (including phenoxy) is 1. The number of hydrogen-bond acceptors (Lipinski definition) is 5. The van der Waals surface area contributed by atoms with Gasteiger partial charge < -0.3 is 20.4 Å². The molecule has 2 aromatic heterocycles. The Morgan fingerprint density at radius 1 is 0.974 bits per heavy atom. The van der Waals surface area contributed by atoms with Crippen LogP contribution in [0.15, 0.2) is 85.2 Å². The van der Waals surface area contributed by atoms with Crippen molar-refractivity contribution in [3.63, 3.8) is 0 Å². The van der Waals surface area contributed by atoms with Crippen molar-refractivity contribution in [2.24, 2.45) is 0 Å². The van der Waals surface area contributed by atoms with Gasteiger partial charge in [-0.2, -0.15) is 0 Å². The van der Waals surface area contributed by atoms with Crippen LogP contribution in [-0.2, 0) is 16.0 Å². The highest BCUT2D eigenvalue weighted by molar-refractivity contribution is 6.25. The lowest BCUT2D eigenvalue weighted by Crippen LogP contribution is -2.24. The number of H-pyrrole nitrogens is 1. The number of ketones is 1. The number of nitrogens with zero attached hydrogens (tertiary/aromatic N) is 1. The van der Waals surface area contributed by atoms with Crippen LogP contribution in [0.5, 0.6) is 5.75 Å². The topological polar surface area (TPSA) is 113 Å². The Morgan fingerprint density at radius 2 is 1.85 bits per heavy atom. The number of pyridine rings is 1. The van der Waals surface area contributed by atoms with E-state index in [1.165, 1.54) is 12.2 Å². The Balaban J connectivity index is 1.09. The molecule has 0 bridgehead atoms. The number of carbonyl (C=O) groups excluding carboxylic acids is 3. The molecule has 0 saturated heterocycles. The fourth-order valence-electron chi connectivity index (χ4n) is 4.99. The summed E-state index contributed by atoms with van der Waals surface area (Å²) < 4.78 is 5.29. The normalized spacial score (nSPS) is 12.1. The van der Waals surface area contributed by atoms with E-state index in [9.17, 15) is 14.4 Å². The summed E-state index contributed by atoms with van der Waals surface area (Å²) in [6, 6.07) is 18.4. The molecule has 0 saturated carbocycles. The summed E-state index contributed by atoms with van der Waals surface area (Å²) in [7, 11) is 1.62. The molecule has 2 amide bonds. The van der Waals surface area contributed by atoms with Crippen molar-refractivity contribution in [1.29, 1.82) is 0 Å². The molecule has 0 spiro atoms. The van der Waals surface area contributed by atoms with E-state index in [2.05, 4.69) is 20.6 Å². The van der Waals surface area contributed by atoms with Crippen molar-refractivity contribution in [3.8, 4) is 17.0 Å². The van der Waals surface area contributed by atoms with Gasteiger partial charge in [0.05, 0.1) is 12.8 Å². The maximum atomic E-state index is 13.2. The molecule has 0 unspecified atom stereocenters. The Bertz CT molecular complexity index is 1810. The van der Waals surface area contributed by atoms with E-state index in [4.69, 9.17) is 4.74 Å². The first-order chi connectivity index (χ1) is 19.0. The second kappa shape index (κ2) is 9.90. The summed E-state index contributed by atoms with van der Waals surface area (Å²) in [6.45, 7) is 0.407. The van der Waals surface area contributed by atoms with Crippen LogP contribution in [0.25, 0.3) is 32.9 Å². The zero-order valence-corrected chi connectivity index (χ0v) is 21.1. The third kappa shape index (κ3) is 4.53. The fourth-order valence-corrected chi connectivity index (χ4v) is 4.99. The van der Waals surface area contributed by atoms with E-state index in [1.807, 2.05) is 42.6 Å². The minimum Gasteiger partial charge on any atom is -0.497 e. The molecule has 192 valence electrons. The van der Waals surface area contributed by atoms with Crippen LogP contribution in [0.1, 0.15) is 21.5 Å². The number of amides is 2. The van der Waals surface area contributed by atoms with Crippen LogP contribution < -0.4 is 15.4 Å². The van der Waals surface area contributed by atoms with Crippen LogP contribution in [0, 0.1) is 0 Å². The molecule has 8 nitrogen and oxygen atoms in total. The summed E-state index contributed by atoms with van der Waals surface area (Å²) in [6.07, 6.45) is 6.62. The lowest BCUT2D eigenvalue weighted by atomic mass is 9.85. The lowest BCUT2D eigenvalue weighted by molar-refractivity contribution is -0.117. The lowest BCUT2D eigenvalue weighted by Gasteiger charge is -2.19. The summed E-state index contributed by atoms with van der Waals surface area (Å²) in [5.74, 6) is -0.198. The van der Waals surface area contributed by atoms with E-state index in [1.54, 1.807) is 37.6 Å². The van der Waals surface area contributed by atoms with Gasteiger partial charge in [0.15, 0.2) is 5.78 Å². The number of fused-ring (bicyclic) bond motifs is 3. The van der Waals surface area contributed by atoms with Crippen molar-refractivity contribution in [2.75, 3.05) is 19.0 Å². The largest absolute Gasteiger partial charge is 0.497 e. The molecule has 0 aliphatic heterocycles. The molecule has 3 aromatic carbocycles. The molecule has 0 fully saturated rings. The van der Waals surface area contributed by atoms with E-state index < -0.39 is 5.91 Å². The SMILES string of the molecule is COc1ccc2[nH]cc(CCNC(=O)/C=C\C(=O)Nc3ccc4c(c3)C(=O)c3cccc5ccnc-4c35)c2c1. The van der Waals surface area contributed by atoms with Crippen LogP contribution >= 0.6 is 0 Å². The molecule has 3 N–H and O–H groups in total. The van der Waals surface area contributed by atoms with Crippen molar-refractivity contribution < 1.29 is 19.1 Å². The molecule has 2 heterocycles. The summed E-state index contributed by atoms with van der Waals surface area (Å²) >= 11 is 0. The first kappa shape index (κ1) is 24.1. The highest BCUT2D eigenvalue weighted by Crippen LogP contribution is 2.38. The Labute approximate surface area is 223 Å². The van der Waals surface area contributed by atoms with Gasteiger partial charge in [0.2, 0.25) is 11.8 Å². The average molecular weight is 517 g/mol. The highest BCUT2D eigenvalue weighted by Gasteiger charge is 2.26. The number of methoxy groups -OCH3 is 1. The minimum atomic E-state index is -0.474. The number of aromatic amines is 1. The quantitative estimate of drug-likeness (QED) is 0.264. The molecular weight excluding hydrogens is 492 g/mol. The zero-order chi connectivity index (χ0) is 26.9. The molecule has 6 rings (SSSR count). The van der Waals surface area contributed by atoms with Gasteiger partial charge in [-0.15, -0.1) is 0 Å². The highest BCUT2D eigenvalue weighted by atomic mass is 16.5. The number of carbonyl (C=O) groups is 3. The average Bonchev–Trinajstić information content (AvgIpc) is 3.36. The molecule has 5 aromatic rings. The van der Waals surface area contributed by atoms with Crippen molar-refractivity contribution in [2.45, 2.75) is 6.42 Å². The van der Waals surface area contributed by atoms with E-state index in [0.29, 0.717) is 29.8 Å². The van der Waals surface area contributed by atoms with Crippen LogP contribution in [0.3, 0.4) is 0 Å². The molecule has 0 radical (unpaired) electrons. The monoisotopic (exact) mass is 516 g/mol. The van der Waals surface area contributed by atoms with Crippen molar-refractivity contribution in [1.82, 2.24) is 15.3 Å². The predicted octanol–water partition coefficient (Wildman–Crippen LogP) is 4.79. The number of hydrogen-bond donors (Lipinski definition) is 3. The van der Waals surface area contributed by atoms with Crippen LogP contribution in [0.2, 0.25) is 0 Å². The van der Waals surface area contributed by atoms with Gasteiger partial charge >= 0.3 is 0 Å². The summed E-state index contributed by atoms with van der Waals surface area (Å²) in [5, 5.41) is 8.37. The van der Waals surface area contributed by atoms with Gasteiger partial charge in [-0.1, -0.05) is 18.2 Å². The van der Waals surface area contributed by atoms with E-state index in [-0.39, 0.29) is 11.7 Å². The Morgan fingerprint density at radius 3 is 2.72 bits per heavy atom. The Kier molecular flexibility index (Phi) is 6.13. The third-order valence-electron chi connectivity index (χ3n) is 6.88. The molecule has 1 aliphatic carbocycles. The maximum Gasteiger partial charge on any atom is 0.248 e. The standard InChI is InChI=1S/C31H24N4O4/c1-39-21-6-8-26-24(16-21)19(17-34-26)12-13-32-27(36)9-10-28(37)35-20-5-7-22-25(15-20)31(38)23-4-2-3-18-11-14-33-30(22)29(18)23/h2-11,14-17,34H,12-13H2,1H3,(H,32,36)(H,35,37)/b10-9-. The van der Waals surface area contributed by atoms with Crippen molar-refractivity contribution >= 4 is 45.0 Å². The van der Waals surface area contributed by atoms with Gasteiger partial charge in [-0.3, -0.25) is 19.4 Å². The summed E-state index contributed by atoms with van der Waals surface area (Å²) in [4.78, 5) is 45.7. The number of nitrogens with one attached hydrogen (secondary N) is 3. The molecule has 0 atom stereocenters. The van der Waals surface area contributed by atoms with E-state index in [0.717, 1.165) is 44.2 Å². The number of aromatic nitrogens is 2. The second-order valence-corrected chi connectivity index (χ2v) is 9.24. The smallest absolute Gasteiger partial charge is 0.248 e.